The monoisotopic (exact) mass is 279 g/mol. The molecule has 104 valence electrons. The Bertz CT molecular complexity index is 777. The van der Waals surface area contributed by atoms with Crippen molar-refractivity contribution in [1.29, 1.82) is 0 Å². The first-order chi connectivity index (χ1) is 10.2. The summed E-state index contributed by atoms with van der Waals surface area (Å²) in [5.41, 5.74) is 1.92. The van der Waals surface area contributed by atoms with E-state index in [4.69, 9.17) is 0 Å². The van der Waals surface area contributed by atoms with Crippen LogP contribution in [0.1, 0.15) is 16.1 Å². The lowest BCUT2D eigenvalue weighted by molar-refractivity contribution is 0.111. The topological polar surface area (TPSA) is 68.0 Å². The van der Waals surface area contributed by atoms with Crippen molar-refractivity contribution in [2.45, 2.75) is 6.92 Å². The Kier molecular flexibility index (Phi) is 3.23. The number of rotatable bonds is 3. The predicted molar refractivity (Wildman–Crippen MR) is 78.6 cm³/mol. The molecule has 0 unspecified atom stereocenters. The molecule has 2 heterocycles. The number of imidazole rings is 1. The molecule has 1 N–H and O–H groups in total. The molecule has 0 saturated carbocycles. The number of carbonyl (C=O) groups is 1. The molecule has 3 rings (SSSR count). The summed E-state index contributed by atoms with van der Waals surface area (Å²) in [5.74, 6) is 0.777. The highest BCUT2D eigenvalue weighted by Gasteiger charge is 2.19. The Hall–Kier alpha value is -2.95. The van der Waals surface area contributed by atoms with Crippen molar-refractivity contribution in [2.24, 2.45) is 0 Å². The minimum atomic E-state index is -0.209. The molecular formula is C16H13N3O2. The molecule has 0 bridgehead atoms. The second-order valence-electron chi connectivity index (χ2n) is 4.65. The summed E-state index contributed by atoms with van der Waals surface area (Å²) in [7, 11) is 0. The molecule has 0 atom stereocenters. The summed E-state index contributed by atoms with van der Waals surface area (Å²) in [5, 5.41) is 10.2. The zero-order valence-corrected chi connectivity index (χ0v) is 11.4. The van der Waals surface area contributed by atoms with Crippen molar-refractivity contribution < 1.29 is 9.90 Å². The number of hydrogen-bond donors (Lipinski definition) is 1. The van der Waals surface area contributed by atoms with Crippen molar-refractivity contribution in [3.63, 3.8) is 0 Å². The number of hydrogen-bond acceptors (Lipinski definition) is 4. The van der Waals surface area contributed by atoms with Crippen molar-refractivity contribution in [3.8, 4) is 23.1 Å². The summed E-state index contributed by atoms with van der Waals surface area (Å²) in [6.07, 6.45) is 2.15. The molecule has 3 aromatic rings. The molecule has 5 nitrogen and oxygen atoms in total. The molecule has 0 aliphatic rings. The van der Waals surface area contributed by atoms with Crippen LogP contribution in [0.15, 0.2) is 48.7 Å². The smallest absolute Gasteiger partial charge is 0.228 e. The standard InChI is InChI=1S/C16H13N3O2/c1-11-5-7-12(8-6-11)15-18-13(10-20)16(21)19(15)14-4-2-3-9-17-14/h2-10,21H,1H3. The molecule has 0 saturated heterocycles. The molecule has 0 fully saturated rings. The summed E-state index contributed by atoms with van der Waals surface area (Å²) in [6, 6.07) is 13.0. The first kappa shape index (κ1) is 13.1. The van der Waals surface area contributed by atoms with E-state index in [1.807, 2.05) is 31.2 Å². The van der Waals surface area contributed by atoms with Gasteiger partial charge in [-0.3, -0.25) is 4.79 Å². The molecule has 0 aliphatic carbocycles. The van der Waals surface area contributed by atoms with Crippen LogP contribution >= 0.6 is 0 Å². The van der Waals surface area contributed by atoms with Gasteiger partial charge in [0.1, 0.15) is 11.6 Å². The summed E-state index contributed by atoms with van der Waals surface area (Å²) < 4.78 is 1.47. The van der Waals surface area contributed by atoms with Gasteiger partial charge in [-0.1, -0.05) is 35.9 Å². The average Bonchev–Trinajstić information content (AvgIpc) is 2.85. The molecule has 21 heavy (non-hydrogen) atoms. The zero-order valence-electron chi connectivity index (χ0n) is 11.4. The number of benzene rings is 1. The second-order valence-corrected chi connectivity index (χ2v) is 4.65. The van der Waals surface area contributed by atoms with E-state index in [-0.39, 0.29) is 11.6 Å². The Morgan fingerprint density at radius 3 is 2.52 bits per heavy atom. The van der Waals surface area contributed by atoms with Crippen LogP contribution in [0, 0.1) is 6.92 Å². The number of aromatic hydroxyl groups is 1. The highest BCUT2D eigenvalue weighted by atomic mass is 16.3. The number of aldehydes is 1. The maximum absolute atomic E-state index is 11.1. The van der Waals surface area contributed by atoms with Gasteiger partial charge in [-0.2, -0.15) is 0 Å². The lowest BCUT2D eigenvalue weighted by Gasteiger charge is -2.08. The van der Waals surface area contributed by atoms with E-state index in [0.29, 0.717) is 17.9 Å². The Balaban J connectivity index is 2.25. The van der Waals surface area contributed by atoms with Crippen LogP contribution in [0.4, 0.5) is 0 Å². The third kappa shape index (κ3) is 2.29. The Labute approximate surface area is 121 Å². The van der Waals surface area contributed by atoms with Crippen molar-refractivity contribution in [3.05, 3.63) is 59.9 Å². The van der Waals surface area contributed by atoms with Gasteiger partial charge in [0.05, 0.1) is 0 Å². The third-order valence-corrected chi connectivity index (χ3v) is 3.18. The normalized spacial score (nSPS) is 10.5. The van der Waals surface area contributed by atoms with Gasteiger partial charge in [0.2, 0.25) is 5.88 Å². The predicted octanol–water partition coefficient (Wildman–Crippen LogP) is 2.76. The quantitative estimate of drug-likeness (QED) is 0.748. The minimum absolute atomic E-state index is 0.00349. The van der Waals surface area contributed by atoms with E-state index in [9.17, 15) is 9.90 Å². The van der Waals surface area contributed by atoms with Gasteiger partial charge in [-0.25, -0.2) is 14.5 Å². The fraction of sp³-hybridized carbons (Fsp3) is 0.0625. The highest BCUT2D eigenvalue weighted by Crippen LogP contribution is 2.29. The lowest BCUT2D eigenvalue weighted by atomic mass is 10.1. The van der Waals surface area contributed by atoms with Crippen molar-refractivity contribution in [1.82, 2.24) is 14.5 Å². The molecule has 1 aromatic carbocycles. The van der Waals surface area contributed by atoms with E-state index in [2.05, 4.69) is 9.97 Å². The van der Waals surface area contributed by atoms with Gasteiger partial charge in [0, 0.05) is 11.8 Å². The first-order valence-corrected chi connectivity index (χ1v) is 6.46. The van der Waals surface area contributed by atoms with E-state index < -0.39 is 0 Å². The second kappa shape index (κ2) is 5.20. The van der Waals surface area contributed by atoms with Gasteiger partial charge in [0.25, 0.3) is 0 Å². The number of aryl methyl sites for hydroxylation is 1. The van der Waals surface area contributed by atoms with Gasteiger partial charge in [0.15, 0.2) is 12.0 Å². The minimum Gasteiger partial charge on any atom is -0.493 e. The number of aromatic nitrogens is 3. The van der Waals surface area contributed by atoms with Crippen LogP contribution in [0.3, 0.4) is 0 Å². The molecule has 0 spiro atoms. The van der Waals surface area contributed by atoms with E-state index >= 15 is 0 Å². The summed E-state index contributed by atoms with van der Waals surface area (Å²) >= 11 is 0. The maximum atomic E-state index is 11.1. The van der Waals surface area contributed by atoms with E-state index in [1.165, 1.54) is 4.57 Å². The summed E-state index contributed by atoms with van der Waals surface area (Å²) in [4.78, 5) is 19.5. The third-order valence-electron chi connectivity index (χ3n) is 3.18. The zero-order chi connectivity index (χ0) is 14.8. The molecule has 0 amide bonds. The number of carbonyl (C=O) groups excluding carboxylic acids is 1. The van der Waals surface area contributed by atoms with Gasteiger partial charge >= 0.3 is 0 Å². The summed E-state index contributed by atoms with van der Waals surface area (Å²) in [6.45, 7) is 1.99. The Morgan fingerprint density at radius 1 is 1.14 bits per heavy atom. The van der Waals surface area contributed by atoms with Crippen molar-refractivity contribution in [2.75, 3.05) is 0 Å². The number of pyridine rings is 1. The van der Waals surface area contributed by atoms with Crippen LogP contribution in [0.5, 0.6) is 5.88 Å². The van der Waals surface area contributed by atoms with E-state index in [0.717, 1.165) is 11.1 Å². The van der Waals surface area contributed by atoms with Gasteiger partial charge in [-0.15, -0.1) is 0 Å². The maximum Gasteiger partial charge on any atom is 0.228 e. The molecule has 0 radical (unpaired) electrons. The first-order valence-electron chi connectivity index (χ1n) is 6.46. The fourth-order valence-corrected chi connectivity index (χ4v) is 2.11. The molecule has 2 aromatic heterocycles. The lowest BCUT2D eigenvalue weighted by Crippen LogP contribution is -1.99. The van der Waals surface area contributed by atoms with Crippen LogP contribution in [0.2, 0.25) is 0 Å². The van der Waals surface area contributed by atoms with Crippen LogP contribution in [-0.2, 0) is 0 Å². The van der Waals surface area contributed by atoms with Crippen LogP contribution in [-0.4, -0.2) is 25.9 Å². The largest absolute Gasteiger partial charge is 0.493 e. The average molecular weight is 279 g/mol. The van der Waals surface area contributed by atoms with Crippen LogP contribution < -0.4 is 0 Å². The number of nitrogens with zero attached hydrogens (tertiary/aromatic N) is 3. The van der Waals surface area contributed by atoms with Gasteiger partial charge in [-0.05, 0) is 19.1 Å². The van der Waals surface area contributed by atoms with Crippen LogP contribution in [0.25, 0.3) is 17.2 Å². The van der Waals surface area contributed by atoms with E-state index in [1.54, 1.807) is 24.4 Å². The molecule has 0 aliphatic heterocycles. The molecule has 5 heteroatoms. The highest BCUT2D eigenvalue weighted by molar-refractivity contribution is 5.78. The Morgan fingerprint density at radius 2 is 1.90 bits per heavy atom. The van der Waals surface area contributed by atoms with Gasteiger partial charge < -0.3 is 5.11 Å². The molecular weight excluding hydrogens is 266 g/mol. The van der Waals surface area contributed by atoms with Crippen molar-refractivity contribution >= 4 is 6.29 Å². The fourth-order valence-electron chi connectivity index (χ4n) is 2.11. The SMILES string of the molecule is Cc1ccc(-c2nc(C=O)c(O)n2-c2ccccn2)cc1.